The second kappa shape index (κ2) is 7.15. The fraction of sp³-hybridized carbons (Fsp3) is 0. The van der Waals surface area contributed by atoms with Crippen LogP contribution in [-0.2, 0) is 0 Å². The van der Waals surface area contributed by atoms with Gasteiger partial charge in [0.1, 0.15) is 0 Å². The molecule has 0 saturated heterocycles. The van der Waals surface area contributed by atoms with Crippen LogP contribution in [0.4, 0.5) is 0 Å². The Morgan fingerprint density at radius 1 is 1.04 bits per heavy atom. The lowest BCUT2D eigenvalue weighted by atomic mass is 10.1. The smallest absolute Gasteiger partial charge is 0.354 e. The number of aromatic nitrogens is 2. The van der Waals surface area contributed by atoms with Gasteiger partial charge in [-0.25, -0.2) is 14.8 Å². The summed E-state index contributed by atoms with van der Waals surface area (Å²) in [6.07, 6.45) is 1.56. The number of carbonyl (C=O) groups is 1. The van der Waals surface area contributed by atoms with Gasteiger partial charge in [0.25, 0.3) is 0 Å². The Balaban J connectivity index is 2.07. The highest BCUT2D eigenvalue weighted by atomic mass is 35.5. The molecule has 0 aliphatic carbocycles. The van der Waals surface area contributed by atoms with Crippen molar-refractivity contribution in [2.24, 2.45) is 5.73 Å². The maximum absolute atomic E-state index is 11.4. The van der Waals surface area contributed by atoms with Gasteiger partial charge in [0.15, 0.2) is 11.5 Å². The standard InChI is InChI=1S/C19H14ClN3O2/c20-14-8-6-13(7-9-14)16-11-17(19(24)25)23-18(22-16)10-15(21)12-4-2-1-3-5-12/h1-11H,21H2,(H,24,25). The number of nitrogens with two attached hydrogens (primary N) is 1. The molecule has 3 aromatic rings. The second-order valence-electron chi connectivity index (χ2n) is 5.27. The lowest BCUT2D eigenvalue weighted by molar-refractivity contribution is 0.0690. The van der Waals surface area contributed by atoms with Gasteiger partial charge < -0.3 is 10.8 Å². The topological polar surface area (TPSA) is 89.1 Å². The summed E-state index contributed by atoms with van der Waals surface area (Å²) in [7, 11) is 0. The highest BCUT2D eigenvalue weighted by Gasteiger charge is 2.11. The maximum Gasteiger partial charge on any atom is 0.354 e. The van der Waals surface area contributed by atoms with E-state index in [4.69, 9.17) is 17.3 Å². The normalized spacial score (nSPS) is 11.3. The zero-order chi connectivity index (χ0) is 17.8. The first-order chi connectivity index (χ1) is 12.0. The van der Waals surface area contributed by atoms with E-state index in [2.05, 4.69) is 9.97 Å². The monoisotopic (exact) mass is 351 g/mol. The van der Waals surface area contributed by atoms with Gasteiger partial charge in [-0.1, -0.05) is 54.1 Å². The number of carboxylic acids is 1. The van der Waals surface area contributed by atoms with Crippen LogP contribution in [0, 0.1) is 0 Å². The minimum atomic E-state index is -1.13. The number of nitrogens with zero attached hydrogens (tertiary/aromatic N) is 2. The second-order valence-corrected chi connectivity index (χ2v) is 5.71. The Kier molecular flexibility index (Phi) is 4.77. The van der Waals surface area contributed by atoms with Gasteiger partial charge in [0.2, 0.25) is 0 Å². The summed E-state index contributed by atoms with van der Waals surface area (Å²) in [5.74, 6) is -0.906. The van der Waals surface area contributed by atoms with E-state index >= 15 is 0 Å². The summed E-state index contributed by atoms with van der Waals surface area (Å²) in [6.45, 7) is 0. The molecule has 0 aliphatic heterocycles. The van der Waals surface area contributed by atoms with Crippen molar-refractivity contribution in [3.63, 3.8) is 0 Å². The Morgan fingerprint density at radius 2 is 1.72 bits per heavy atom. The van der Waals surface area contributed by atoms with Crippen LogP contribution in [0.25, 0.3) is 23.0 Å². The van der Waals surface area contributed by atoms with Crippen LogP contribution >= 0.6 is 11.6 Å². The molecule has 0 aliphatic rings. The summed E-state index contributed by atoms with van der Waals surface area (Å²) in [5, 5.41) is 9.90. The van der Waals surface area contributed by atoms with Crippen LogP contribution in [0.15, 0.2) is 60.7 Å². The molecule has 0 bridgehead atoms. The number of benzene rings is 2. The van der Waals surface area contributed by atoms with Crippen molar-refractivity contribution in [1.82, 2.24) is 9.97 Å². The lowest BCUT2D eigenvalue weighted by Crippen LogP contribution is -2.05. The predicted molar refractivity (Wildman–Crippen MR) is 97.9 cm³/mol. The fourth-order valence-corrected chi connectivity index (χ4v) is 2.39. The van der Waals surface area contributed by atoms with E-state index < -0.39 is 5.97 Å². The zero-order valence-corrected chi connectivity index (χ0v) is 13.8. The van der Waals surface area contributed by atoms with Crippen molar-refractivity contribution >= 4 is 29.3 Å². The van der Waals surface area contributed by atoms with Crippen LogP contribution < -0.4 is 5.73 Å². The summed E-state index contributed by atoms with van der Waals surface area (Å²) in [4.78, 5) is 19.8. The molecule has 6 heteroatoms. The van der Waals surface area contributed by atoms with Crippen molar-refractivity contribution in [1.29, 1.82) is 0 Å². The Morgan fingerprint density at radius 3 is 2.36 bits per heavy atom. The van der Waals surface area contributed by atoms with Crippen molar-refractivity contribution in [3.05, 3.63) is 82.8 Å². The molecule has 124 valence electrons. The van der Waals surface area contributed by atoms with E-state index in [1.165, 1.54) is 6.07 Å². The minimum absolute atomic E-state index is 0.105. The van der Waals surface area contributed by atoms with E-state index in [0.29, 0.717) is 16.4 Å². The first-order valence-electron chi connectivity index (χ1n) is 7.44. The highest BCUT2D eigenvalue weighted by molar-refractivity contribution is 6.30. The van der Waals surface area contributed by atoms with Gasteiger partial charge in [0, 0.05) is 22.4 Å². The molecule has 0 radical (unpaired) electrons. The average Bonchev–Trinajstić information content (AvgIpc) is 2.62. The molecular formula is C19H14ClN3O2. The molecule has 0 saturated carbocycles. The number of hydrogen-bond acceptors (Lipinski definition) is 4. The van der Waals surface area contributed by atoms with E-state index in [0.717, 1.165) is 11.1 Å². The maximum atomic E-state index is 11.4. The summed E-state index contributed by atoms with van der Waals surface area (Å²) in [5.41, 5.74) is 8.45. The van der Waals surface area contributed by atoms with Crippen molar-refractivity contribution in [2.75, 3.05) is 0 Å². The molecule has 0 spiro atoms. The first-order valence-corrected chi connectivity index (χ1v) is 7.81. The third-order valence-electron chi connectivity index (χ3n) is 3.49. The van der Waals surface area contributed by atoms with Gasteiger partial charge >= 0.3 is 5.97 Å². The van der Waals surface area contributed by atoms with Gasteiger partial charge in [-0.05, 0) is 23.8 Å². The number of hydrogen-bond donors (Lipinski definition) is 2. The molecular weight excluding hydrogens is 338 g/mol. The summed E-state index contributed by atoms with van der Waals surface area (Å²) < 4.78 is 0. The van der Waals surface area contributed by atoms with Gasteiger partial charge in [-0.2, -0.15) is 0 Å². The lowest BCUT2D eigenvalue weighted by Gasteiger charge is -2.06. The van der Waals surface area contributed by atoms with E-state index in [1.54, 1.807) is 30.3 Å². The number of halogens is 1. The highest BCUT2D eigenvalue weighted by Crippen LogP contribution is 2.21. The van der Waals surface area contributed by atoms with Crippen molar-refractivity contribution in [3.8, 4) is 11.3 Å². The van der Waals surface area contributed by atoms with Crippen LogP contribution in [0.1, 0.15) is 21.9 Å². The van der Waals surface area contributed by atoms with E-state index in [9.17, 15) is 9.90 Å². The molecule has 0 amide bonds. The number of rotatable bonds is 4. The van der Waals surface area contributed by atoms with Gasteiger partial charge in [0.05, 0.1) is 5.69 Å². The molecule has 3 rings (SSSR count). The Labute approximate surface area is 149 Å². The molecule has 5 nitrogen and oxygen atoms in total. The van der Waals surface area contributed by atoms with Crippen molar-refractivity contribution < 1.29 is 9.90 Å². The zero-order valence-electron chi connectivity index (χ0n) is 13.1. The number of carboxylic acid groups (broad SMARTS) is 1. The molecule has 0 unspecified atom stereocenters. The molecule has 1 aromatic heterocycles. The molecule has 0 fully saturated rings. The molecule has 2 aromatic carbocycles. The van der Waals surface area contributed by atoms with Crippen LogP contribution in [-0.4, -0.2) is 21.0 Å². The molecule has 3 N–H and O–H groups in total. The fourth-order valence-electron chi connectivity index (χ4n) is 2.26. The minimum Gasteiger partial charge on any atom is -0.477 e. The Bertz CT molecular complexity index is 939. The van der Waals surface area contributed by atoms with Gasteiger partial charge in [-0.15, -0.1) is 0 Å². The summed E-state index contributed by atoms with van der Waals surface area (Å²) in [6, 6.07) is 17.7. The predicted octanol–water partition coefficient (Wildman–Crippen LogP) is 3.95. The van der Waals surface area contributed by atoms with Crippen LogP contribution in [0.5, 0.6) is 0 Å². The van der Waals surface area contributed by atoms with Crippen molar-refractivity contribution in [2.45, 2.75) is 0 Å². The first kappa shape index (κ1) is 16.7. The largest absolute Gasteiger partial charge is 0.477 e. The SMILES string of the molecule is NC(=Cc1nc(C(=O)O)cc(-c2ccc(Cl)cc2)n1)c1ccccc1. The van der Waals surface area contributed by atoms with E-state index in [-0.39, 0.29) is 11.5 Å². The third-order valence-corrected chi connectivity index (χ3v) is 3.75. The number of aromatic carboxylic acids is 1. The summed E-state index contributed by atoms with van der Waals surface area (Å²) >= 11 is 5.90. The molecule has 25 heavy (non-hydrogen) atoms. The Hall–Kier alpha value is -3.18. The van der Waals surface area contributed by atoms with E-state index in [1.807, 2.05) is 30.3 Å². The molecule has 0 atom stereocenters. The molecule has 1 heterocycles. The third kappa shape index (κ3) is 4.02. The van der Waals surface area contributed by atoms with Gasteiger partial charge in [-0.3, -0.25) is 0 Å². The van der Waals surface area contributed by atoms with Crippen LogP contribution in [0.2, 0.25) is 5.02 Å². The quantitative estimate of drug-likeness (QED) is 0.742. The van der Waals surface area contributed by atoms with Crippen LogP contribution in [0.3, 0.4) is 0 Å². The average molecular weight is 352 g/mol.